The minimum atomic E-state index is -1.14. The van der Waals surface area contributed by atoms with E-state index in [0.717, 1.165) is 12.8 Å². The van der Waals surface area contributed by atoms with Crippen LogP contribution < -0.4 is 11.1 Å². The molecule has 0 bridgehead atoms. The number of nitrogens with two attached hydrogens (primary N) is 1. The van der Waals surface area contributed by atoms with Crippen LogP contribution in [0.15, 0.2) is 11.6 Å². The summed E-state index contributed by atoms with van der Waals surface area (Å²) in [6.45, 7) is 7.58. The number of nitrogens with one attached hydrogen (secondary N) is 1. The summed E-state index contributed by atoms with van der Waals surface area (Å²) in [6, 6.07) is 0.238. The Hall–Kier alpha value is -0.870. The summed E-state index contributed by atoms with van der Waals surface area (Å²) in [6.07, 6.45) is 3.87. The number of carbonyl (C=O) groups is 1. The quantitative estimate of drug-likeness (QED) is 0.454. The van der Waals surface area contributed by atoms with Crippen LogP contribution in [0.2, 0.25) is 0 Å². The van der Waals surface area contributed by atoms with E-state index < -0.39 is 11.6 Å². The van der Waals surface area contributed by atoms with Gasteiger partial charge in [-0.15, -0.1) is 0 Å². The molecule has 94 valence electrons. The van der Waals surface area contributed by atoms with Crippen molar-refractivity contribution in [2.45, 2.75) is 58.7 Å². The zero-order chi connectivity index (χ0) is 12.8. The maximum Gasteiger partial charge on any atom is 0.244 e. The molecule has 0 aliphatic rings. The van der Waals surface area contributed by atoms with Gasteiger partial charge in [0.1, 0.15) is 5.72 Å². The molecule has 16 heavy (non-hydrogen) atoms. The lowest BCUT2D eigenvalue weighted by Gasteiger charge is -2.30. The molecule has 0 radical (unpaired) electrons. The molecular formula is C12H24N2O2. The van der Waals surface area contributed by atoms with E-state index in [9.17, 15) is 9.90 Å². The van der Waals surface area contributed by atoms with Crippen LogP contribution in [-0.2, 0) is 4.79 Å². The van der Waals surface area contributed by atoms with Crippen molar-refractivity contribution in [3.05, 3.63) is 11.6 Å². The third-order valence-electron chi connectivity index (χ3n) is 2.82. The maximum absolute atomic E-state index is 10.9. The molecule has 1 unspecified atom stereocenters. The van der Waals surface area contributed by atoms with Crippen LogP contribution in [0.1, 0.15) is 47.0 Å². The molecule has 0 aliphatic carbocycles. The van der Waals surface area contributed by atoms with E-state index >= 15 is 0 Å². The van der Waals surface area contributed by atoms with Gasteiger partial charge in [0.2, 0.25) is 5.91 Å². The van der Waals surface area contributed by atoms with Crippen LogP contribution >= 0.6 is 0 Å². The second-order valence-electron chi connectivity index (χ2n) is 4.13. The van der Waals surface area contributed by atoms with Gasteiger partial charge in [-0.1, -0.05) is 20.8 Å². The summed E-state index contributed by atoms with van der Waals surface area (Å²) in [5, 5.41) is 13.4. The highest BCUT2D eigenvalue weighted by Gasteiger charge is 2.24. The van der Waals surface area contributed by atoms with Crippen molar-refractivity contribution in [2.24, 2.45) is 5.73 Å². The van der Waals surface area contributed by atoms with Crippen LogP contribution in [0.5, 0.6) is 0 Å². The Kier molecular flexibility index (Phi) is 6.29. The Morgan fingerprint density at radius 2 is 1.94 bits per heavy atom. The topological polar surface area (TPSA) is 75.3 Å². The minimum Gasteiger partial charge on any atom is -0.372 e. The lowest BCUT2D eigenvalue weighted by molar-refractivity contribution is -0.114. The lowest BCUT2D eigenvalue weighted by atomic mass is 10.0. The van der Waals surface area contributed by atoms with Gasteiger partial charge < -0.3 is 10.8 Å². The van der Waals surface area contributed by atoms with E-state index in [1.165, 1.54) is 6.08 Å². The molecular weight excluding hydrogens is 204 g/mol. The second-order valence-corrected chi connectivity index (χ2v) is 4.13. The number of primary amides is 1. The fraction of sp³-hybridized carbons (Fsp3) is 0.750. The highest BCUT2D eigenvalue weighted by Crippen LogP contribution is 2.14. The summed E-state index contributed by atoms with van der Waals surface area (Å²) < 4.78 is 0. The molecule has 0 heterocycles. The zero-order valence-corrected chi connectivity index (χ0v) is 10.7. The van der Waals surface area contributed by atoms with E-state index in [0.29, 0.717) is 12.0 Å². The molecule has 4 nitrogen and oxygen atoms in total. The van der Waals surface area contributed by atoms with Crippen LogP contribution in [0.4, 0.5) is 0 Å². The van der Waals surface area contributed by atoms with Crippen molar-refractivity contribution in [2.75, 3.05) is 0 Å². The molecule has 4 heteroatoms. The molecule has 0 spiro atoms. The van der Waals surface area contributed by atoms with Gasteiger partial charge in [0, 0.05) is 11.6 Å². The summed E-state index contributed by atoms with van der Waals surface area (Å²) in [5.74, 6) is -0.502. The average molecular weight is 228 g/mol. The van der Waals surface area contributed by atoms with E-state index in [1.807, 2.05) is 6.92 Å². The molecule has 0 rings (SSSR count). The maximum atomic E-state index is 10.9. The second kappa shape index (κ2) is 6.66. The molecule has 0 aliphatic heterocycles. The molecule has 0 aromatic heterocycles. The third-order valence-corrected chi connectivity index (χ3v) is 2.82. The Balaban J connectivity index is 4.77. The lowest BCUT2D eigenvalue weighted by Crippen LogP contribution is -2.48. The van der Waals surface area contributed by atoms with Crippen LogP contribution in [0.3, 0.4) is 0 Å². The van der Waals surface area contributed by atoms with Gasteiger partial charge in [-0.25, -0.2) is 0 Å². The summed E-state index contributed by atoms with van der Waals surface area (Å²) in [5.41, 5.74) is 4.38. The molecule has 0 fully saturated rings. The largest absolute Gasteiger partial charge is 0.372 e. The number of carbonyl (C=O) groups excluding carboxylic acids is 1. The predicted octanol–water partition coefficient (Wildman–Crippen LogP) is 1.29. The van der Waals surface area contributed by atoms with E-state index in [1.54, 1.807) is 6.92 Å². The van der Waals surface area contributed by atoms with Gasteiger partial charge in [-0.05, 0) is 32.3 Å². The van der Waals surface area contributed by atoms with Gasteiger partial charge in [0.25, 0.3) is 0 Å². The van der Waals surface area contributed by atoms with Gasteiger partial charge in [-0.2, -0.15) is 0 Å². The predicted molar refractivity (Wildman–Crippen MR) is 65.7 cm³/mol. The molecule has 1 amide bonds. The van der Waals surface area contributed by atoms with Crippen LogP contribution in [0.25, 0.3) is 0 Å². The average Bonchev–Trinajstić information content (AvgIpc) is 2.25. The number of amides is 1. The molecule has 0 saturated heterocycles. The fourth-order valence-corrected chi connectivity index (χ4v) is 1.52. The first-order valence-electron chi connectivity index (χ1n) is 5.87. The Labute approximate surface area is 97.9 Å². The van der Waals surface area contributed by atoms with Crippen molar-refractivity contribution < 1.29 is 9.90 Å². The zero-order valence-electron chi connectivity index (χ0n) is 10.7. The van der Waals surface area contributed by atoms with Crippen molar-refractivity contribution in [3.63, 3.8) is 0 Å². The fourth-order valence-electron chi connectivity index (χ4n) is 1.52. The van der Waals surface area contributed by atoms with Gasteiger partial charge in [-0.3, -0.25) is 10.1 Å². The summed E-state index contributed by atoms with van der Waals surface area (Å²) in [4.78, 5) is 10.9. The minimum absolute atomic E-state index is 0.238. The van der Waals surface area contributed by atoms with E-state index in [-0.39, 0.29) is 6.04 Å². The van der Waals surface area contributed by atoms with Crippen LogP contribution in [0, 0.1) is 0 Å². The highest BCUT2D eigenvalue weighted by atomic mass is 16.3. The summed E-state index contributed by atoms with van der Waals surface area (Å²) in [7, 11) is 0. The normalized spacial score (nSPS) is 16.2. The molecule has 0 saturated carbocycles. The number of hydrogen-bond donors (Lipinski definition) is 3. The first-order chi connectivity index (χ1) is 7.38. The van der Waals surface area contributed by atoms with E-state index in [4.69, 9.17) is 5.73 Å². The first-order valence-corrected chi connectivity index (χ1v) is 5.87. The monoisotopic (exact) mass is 228 g/mol. The van der Waals surface area contributed by atoms with E-state index in [2.05, 4.69) is 19.2 Å². The number of rotatable bonds is 7. The van der Waals surface area contributed by atoms with Gasteiger partial charge in [0.15, 0.2) is 0 Å². The smallest absolute Gasteiger partial charge is 0.244 e. The molecule has 0 aromatic rings. The Morgan fingerprint density at radius 1 is 1.44 bits per heavy atom. The number of hydrogen-bond acceptors (Lipinski definition) is 3. The van der Waals surface area contributed by atoms with Gasteiger partial charge in [0.05, 0.1) is 0 Å². The third kappa shape index (κ3) is 4.77. The Bertz CT molecular complexity index is 260. The number of aliphatic hydroxyl groups is 1. The summed E-state index contributed by atoms with van der Waals surface area (Å²) >= 11 is 0. The molecule has 0 aromatic carbocycles. The van der Waals surface area contributed by atoms with Crippen molar-refractivity contribution in [1.29, 1.82) is 0 Å². The SMILES string of the molecule is CCC(CC)NC(O)(/C=C(\C)C(N)=O)CC. The molecule has 4 N–H and O–H groups in total. The first kappa shape index (κ1) is 15.1. The molecule has 1 atom stereocenters. The highest BCUT2D eigenvalue weighted by molar-refractivity contribution is 5.91. The van der Waals surface area contributed by atoms with Crippen molar-refractivity contribution in [1.82, 2.24) is 5.32 Å². The van der Waals surface area contributed by atoms with Crippen molar-refractivity contribution in [3.8, 4) is 0 Å². The Morgan fingerprint density at radius 3 is 2.25 bits per heavy atom. The van der Waals surface area contributed by atoms with Gasteiger partial charge >= 0.3 is 0 Å². The van der Waals surface area contributed by atoms with Crippen LogP contribution in [-0.4, -0.2) is 22.8 Å². The standard InChI is InChI=1S/C12H24N2O2/c1-5-10(6-2)14-12(16,7-3)8-9(4)11(13)15/h8,10,14,16H,5-7H2,1-4H3,(H2,13,15)/b9-8+. The van der Waals surface area contributed by atoms with Crippen molar-refractivity contribution >= 4 is 5.91 Å².